The molecular formula is C11H6F4N2S. The molecule has 0 unspecified atom stereocenters. The first kappa shape index (κ1) is 12.7. The molecule has 0 aliphatic heterocycles. The number of alkyl halides is 3. The molecule has 0 aliphatic rings. The third-order valence-corrected chi connectivity index (χ3v) is 2.45. The Morgan fingerprint density at radius 1 is 1.17 bits per heavy atom. The summed E-state index contributed by atoms with van der Waals surface area (Å²) in [4.78, 5) is 6.31. The summed E-state index contributed by atoms with van der Waals surface area (Å²) in [6.07, 6.45) is -3.37. The molecule has 2 rings (SSSR count). The number of hydrogen-bond acceptors (Lipinski definition) is 2. The second kappa shape index (κ2) is 4.49. The molecule has 1 aromatic heterocycles. The van der Waals surface area contributed by atoms with Gasteiger partial charge in [0, 0.05) is 11.8 Å². The van der Waals surface area contributed by atoms with E-state index >= 15 is 0 Å². The summed E-state index contributed by atoms with van der Waals surface area (Å²) in [5.41, 5.74) is -1.33. The van der Waals surface area contributed by atoms with Crippen LogP contribution in [0.4, 0.5) is 17.6 Å². The molecule has 0 bridgehead atoms. The van der Waals surface area contributed by atoms with Gasteiger partial charge in [-0.15, -0.1) is 0 Å². The molecule has 0 aliphatic carbocycles. The van der Waals surface area contributed by atoms with Crippen molar-refractivity contribution in [1.82, 2.24) is 9.97 Å². The quantitative estimate of drug-likeness (QED) is 0.629. The third-order valence-electron chi connectivity index (χ3n) is 2.21. The van der Waals surface area contributed by atoms with Crippen LogP contribution in [0, 0.1) is 10.5 Å². The van der Waals surface area contributed by atoms with Crippen LogP contribution in [-0.2, 0) is 6.18 Å². The topological polar surface area (TPSA) is 28.7 Å². The average Bonchev–Trinajstić information content (AvgIpc) is 2.27. The minimum atomic E-state index is -4.66. The number of aromatic nitrogens is 2. The van der Waals surface area contributed by atoms with Crippen LogP contribution in [0.15, 0.2) is 30.5 Å². The summed E-state index contributed by atoms with van der Waals surface area (Å²) in [7, 11) is 0. The Morgan fingerprint density at radius 2 is 1.89 bits per heavy atom. The number of benzene rings is 1. The molecule has 94 valence electrons. The SMILES string of the molecule is Fc1ccc(-c2nccc(=S)[nH]2)c(C(F)(F)F)c1. The molecule has 0 saturated carbocycles. The molecule has 18 heavy (non-hydrogen) atoms. The first-order chi connectivity index (χ1) is 8.38. The van der Waals surface area contributed by atoms with E-state index in [2.05, 4.69) is 9.97 Å². The Hall–Kier alpha value is -1.76. The highest BCUT2D eigenvalue weighted by Gasteiger charge is 2.34. The van der Waals surface area contributed by atoms with E-state index in [1.807, 2.05) is 0 Å². The van der Waals surface area contributed by atoms with Crippen molar-refractivity contribution >= 4 is 12.2 Å². The van der Waals surface area contributed by atoms with Crippen LogP contribution in [0.1, 0.15) is 5.56 Å². The van der Waals surface area contributed by atoms with Crippen LogP contribution in [0.2, 0.25) is 0 Å². The number of halogens is 4. The summed E-state index contributed by atoms with van der Waals surface area (Å²) in [6.45, 7) is 0. The van der Waals surface area contributed by atoms with Gasteiger partial charge in [0.2, 0.25) is 0 Å². The zero-order valence-corrected chi connectivity index (χ0v) is 9.57. The number of aromatic amines is 1. The second-order valence-corrected chi connectivity index (χ2v) is 3.91. The summed E-state index contributed by atoms with van der Waals surface area (Å²) >= 11 is 4.81. The average molecular weight is 274 g/mol. The van der Waals surface area contributed by atoms with E-state index < -0.39 is 17.6 Å². The lowest BCUT2D eigenvalue weighted by Gasteiger charge is -2.12. The van der Waals surface area contributed by atoms with E-state index in [1.54, 1.807) is 0 Å². The highest BCUT2D eigenvalue weighted by atomic mass is 32.1. The van der Waals surface area contributed by atoms with Crippen molar-refractivity contribution in [3.05, 3.63) is 46.5 Å². The summed E-state index contributed by atoms with van der Waals surface area (Å²) < 4.78 is 51.5. The fourth-order valence-electron chi connectivity index (χ4n) is 1.46. The normalized spacial score (nSPS) is 11.6. The monoisotopic (exact) mass is 274 g/mol. The predicted octanol–water partition coefficient (Wildman–Crippen LogP) is 3.96. The molecular weight excluding hydrogens is 268 g/mol. The molecule has 0 amide bonds. The fraction of sp³-hybridized carbons (Fsp3) is 0.0909. The molecule has 1 N–H and O–H groups in total. The third kappa shape index (κ3) is 2.56. The standard InChI is InChI=1S/C11H6F4N2S/c12-6-1-2-7(8(5-6)11(13,14)15)10-16-4-3-9(18)17-10/h1-5H,(H,16,17,18). The molecule has 1 aromatic carbocycles. The lowest BCUT2D eigenvalue weighted by atomic mass is 10.1. The van der Waals surface area contributed by atoms with Crippen molar-refractivity contribution in [2.45, 2.75) is 6.18 Å². The predicted molar refractivity (Wildman–Crippen MR) is 59.8 cm³/mol. The van der Waals surface area contributed by atoms with Crippen molar-refractivity contribution < 1.29 is 17.6 Å². The van der Waals surface area contributed by atoms with Gasteiger partial charge >= 0.3 is 6.18 Å². The van der Waals surface area contributed by atoms with Gasteiger partial charge in [0.05, 0.1) is 5.56 Å². The van der Waals surface area contributed by atoms with Crippen molar-refractivity contribution in [2.75, 3.05) is 0 Å². The van der Waals surface area contributed by atoms with Crippen LogP contribution in [0.25, 0.3) is 11.4 Å². The van der Waals surface area contributed by atoms with Crippen LogP contribution in [-0.4, -0.2) is 9.97 Å². The minimum absolute atomic E-state index is 0.0465. The van der Waals surface area contributed by atoms with Gasteiger partial charge in [-0.3, -0.25) is 0 Å². The largest absolute Gasteiger partial charge is 0.417 e. The van der Waals surface area contributed by atoms with Crippen LogP contribution < -0.4 is 0 Å². The van der Waals surface area contributed by atoms with E-state index in [0.29, 0.717) is 6.07 Å². The van der Waals surface area contributed by atoms with Crippen LogP contribution in [0.5, 0.6) is 0 Å². The van der Waals surface area contributed by atoms with Gasteiger partial charge in [-0.05, 0) is 24.3 Å². The van der Waals surface area contributed by atoms with E-state index in [-0.39, 0.29) is 16.0 Å². The molecule has 2 nitrogen and oxygen atoms in total. The van der Waals surface area contributed by atoms with Crippen LogP contribution in [0.3, 0.4) is 0 Å². The zero-order chi connectivity index (χ0) is 13.3. The van der Waals surface area contributed by atoms with Gasteiger partial charge in [-0.25, -0.2) is 9.37 Å². The fourth-order valence-corrected chi connectivity index (χ4v) is 1.62. The smallest absolute Gasteiger partial charge is 0.331 e. The van der Waals surface area contributed by atoms with Crippen molar-refractivity contribution in [3.63, 3.8) is 0 Å². The molecule has 0 fully saturated rings. The minimum Gasteiger partial charge on any atom is -0.331 e. The molecule has 0 atom stereocenters. The lowest BCUT2D eigenvalue weighted by molar-refractivity contribution is -0.137. The van der Waals surface area contributed by atoms with Gasteiger partial charge < -0.3 is 4.98 Å². The molecule has 0 saturated heterocycles. The first-order valence-corrected chi connectivity index (χ1v) is 5.21. The van der Waals surface area contributed by atoms with Crippen molar-refractivity contribution in [1.29, 1.82) is 0 Å². The Balaban J connectivity index is 2.68. The van der Waals surface area contributed by atoms with E-state index in [0.717, 1.165) is 12.1 Å². The Labute approximate surface area is 104 Å². The maximum atomic E-state index is 12.9. The molecule has 1 heterocycles. The molecule has 2 aromatic rings. The first-order valence-electron chi connectivity index (χ1n) is 4.80. The van der Waals surface area contributed by atoms with E-state index in [9.17, 15) is 17.6 Å². The van der Waals surface area contributed by atoms with E-state index in [1.165, 1.54) is 12.3 Å². The maximum absolute atomic E-state index is 12.9. The van der Waals surface area contributed by atoms with Gasteiger partial charge in [-0.2, -0.15) is 13.2 Å². The molecule has 0 spiro atoms. The van der Waals surface area contributed by atoms with Crippen molar-refractivity contribution in [2.24, 2.45) is 0 Å². The van der Waals surface area contributed by atoms with E-state index in [4.69, 9.17) is 12.2 Å². The van der Waals surface area contributed by atoms with Crippen LogP contribution >= 0.6 is 12.2 Å². The Bertz CT molecular complexity index is 633. The van der Waals surface area contributed by atoms with Crippen molar-refractivity contribution in [3.8, 4) is 11.4 Å². The zero-order valence-electron chi connectivity index (χ0n) is 8.75. The number of rotatable bonds is 1. The molecule has 7 heteroatoms. The summed E-state index contributed by atoms with van der Waals surface area (Å²) in [6, 6.07) is 3.83. The second-order valence-electron chi connectivity index (χ2n) is 3.47. The summed E-state index contributed by atoms with van der Waals surface area (Å²) in [5, 5.41) is 0. The number of nitrogens with zero attached hydrogens (tertiary/aromatic N) is 1. The Morgan fingerprint density at radius 3 is 2.50 bits per heavy atom. The highest BCUT2D eigenvalue weighted by Crippen LogP contribution is 2.36. The number of hydrogen-bond donors (Lipinski definition) is 1. The lowest BCUT2D eigenvalue weighted by Crippen LogP contribution is -2.08. The Kier molecular flexibility index (Phi) is 3.16. The molecule has 0 radical (unpaired) electrons. The van der Waals surface area contributed by atoms with Gasteiger partial charge in [0.15, 0.2) is 0 Å². The summed E-state index contributed by atoms with van der Waals surface area (Å²) in [5.74, 6) is -1.00. The number of H-pyrrole nitrogens is 1. The number of nitrogens with one attached hydrogen (secondary N) is 1. The van der Waals surface area contributed by atoms with Gasteiger partial charge in [-0.1, -0.05) is 12.2 Å². The maximum Gasteiger partial charge on any atom is 0.417 e. The van der Waals surface area contributed by atoms with Gasteiger partial charge in [0.1, 0.15) is 16.3 Å². The highest BCUT2D eigenvalue weighted by molar-refractivity contribution is 7.71. The van der Waals surface area contributed by atoms with Gasteiger partial charge in [0.25, 0.3) is 0 Å².